The molecule has 5 heteroatoms. The van der Waals surface area contributed by atoms with E-state index in [1.165, 1.54) is 6.08 Å². The Bertz CT molecular complexity index is 867. The zero-order chi connectivity index (χ0) is 16.2. The molecule has 0 atom stereocenters. The van der Waals surface area contributed by atoms with Crippen LogP contribution in [0.15, 0.2) is 60.9 Å². The van der Waals surface area contributed by atoms with Gasteiger partial charge < -0.3 is 9.30 Å². The molecular weight excluding hydrogens is 292 g/mol. The molecule has 0 aliphatic heterocycles. The molecule has 0 N–H and O–H groups in total. The first-order chi connectivity index (χ1) is 11.1. The minimum absolute atomic E-state index is 0.462. The standard InChI is InChI=1S/C18H16N2O3/c1-19-12-15(9-10-20(21)22)17-8-7-16(11-18(17)19)23-13-14-5-3-2-4-6-14/h2-12H,13H2,1H3/b10-9+. The highest BCUT2D eigenvalue weighted by atomic mass is 16.6. The molecule has 116 valence electrons. The summed E-state index contributed by atoms with van der Waals surface area (Å²) in [7, 11) is 1.91. The van der Waals surface area contributed by atoms with Crippen molar-refractivity contribution in [2.24, 2.45) is 7.05 Å². The molecule has 0 saturated carbocycles. The highest BCUT2D eigenvalue weighted by molar-refractivity contribution is 5.90. The van der Waals surface area contributed by atoms with Gasteiger partial charge in [-0.15, -0.1) is 0 Å². The maximum atomic E-state index is 10.5. The number of rotatable bonds is 5. The number of aryl methyl sites for hydroxylation is 1. The molecule has 0 amide bonds. The Balaban J connectivity index is 1.84. The van der Waals surface area contributed by atoms with Gasteiger partial charge in [0.25, 0.3) is 0 Å². The van der Waals surface area contributed by atoms with Crippen LogP contribution in [0.1, 0.15) is 11.1 Å². The molecule has 1 heterocycles. The zero-order valence-corrected chi connectivity index (χ0v) is 12.7. The van der Waals surface area contributed by atoms with Gasteiger partial charge in [0.2, 0.25) is 6.20 Å². The summed E-state index contributed by atoms with van der Waals surface area (Å²) in [5.74, 6) is 0.771. The molecule has 1 aromatic heterocycles. The average molecular weight is 308 g/mol. The van der Waals surface area contributed by atoms with Gasteiger partial charge in [-0.25, -0.2) is 0 Å². The lowest BCUT2D eigenvalue weighted by Crippen LogP contribution is -1.95. The Labute approximate surface area is 133 Å². The third-order valence-corrected chi connectivity index (χ3v) is 3.62. The van der Waals surface area contributed by atoms with Crippen LogP contribution in [0.3, 0.4) is 0 Å². The summed E-state index contributed by atoms with van der Waals surface area (Å²) in [5, 5.41) is 11.4. The first-order valence-corrected chi connectivity index (χ1v) is 7.21. The molecule has 0 radical (unpaired) electrons. The van der Waals surface area contributed by atoms with E-state index in [9.17, 15) is 10.1 Å². The SMILES string of the molecule is Cn1cc(/C=C/[N+](=O)[O-])c2ccc(OCc3ccccc3)cc21. The number of hydrogen-bond acceptors (Lipinski definition) is 3. The van der Waals surface area contributed by atoms with Gasteiger partial charge in [-0.1, -0.05) is 30.3 Å². The van der Waals surface area contributed by atoms with E-state index in [0.717, 1.165) is 34.0 Å². The van der Waals surface area contributed by atoms with Gasteiger partial charge in [-0.3, -0.25) is 10.1 Å². The van der Waals surface area contributed by atoms with Gasteiger partial charge in [0.1, 0.15) is 12.4 Å². The number of nitrogens with zero attached hydrogens (tertiary/aromatic N) is 2. The van der Waals surface area contributed by atoms with Crippen molar-refractivity contribution in [1.29, 1.82) is 0 Å². The van der Waals surface area contributed by atoms with Crippen molar-refractivity contribution in [3.05, 3.63) is 82.2 Å². The molecule has 0 saturated heterocycles. The Morgan fingerprint density at radius 1 is 1.22 bits per heavy atom. The molecule has 3 rings (SSSR count). The largest absolute Gasteiger partial charge is 0.489 e. The second-order valence-electron chi connectivity index (χ2n) is 5.25. The summed E-state index contributed by atoms with van der Waals surface area (Å²) in [6, 6.07) is 15.7. The minimum atomic E-state index is -0.462. The van der Waals surface area contributed by atoms with Crippen molar-refractivity contribution >= 4 is 17.0 Å². The monoisotopic (exact) mass is 308 g/mol. The van der Waals surface area contributed by atoms with E-state index in [4.69, 9.17) is 4.74 Å². The van der Waals surface area contributed by atoms with E-state index in [1.807, 2.05) is 66.3 Å². The van der Waals surface area contributed by atoms with E-state index in [0.29, 0.717) is 6.61 Å². The molecule has 0 spiro atoms. The van der Waals surface area contributed by atoms with Gasteiger partial charge in [-0.05, 0) is 17.7 Å². The lowest BCUT2D eigenvalue weighted by atomic mass is 10.1. The Morgan fingerprint density at radius 3 is 2.74 bits per heavy atom. The van der Waals surface area contributed by atoms with Crippen LogP contribution < -0.4 is 4.74 Å². The first kappa shape index (κ1) is 14.8. The third kappa shape index (κ3) is 3.40. The van der Waals surface area contributed by atoms with Gasteiger partial charge >= 0.3 is 0 Å². The highest BCUT2D eigenvalue weighted by Gasteiger charge is 2.07. The van der Waals surface area contributed by atoms with Crippen LogP contribution in [0.4, 0.5) is 0 Å². The molecule has 0 bridgehead atoms. The predicted octanol–water partition coefficient (Wildman–Crippen LogP) is 4.00. The normalized spacial score (nSPS) is 11.2. The number of aromatic nitrogens is 1. The Kier molecular flexibility index (Phi) is 4.10. The van der Waals surface area contributed by atoms with E-state index >= 15 is 0 Å². The molecule has 2 aromatic carbocycles. The van der Waals surface area contributed by atoms with Crippen molar-refractivity contribution in [2.45, 2.75) is 6.61 Å². The minimum Gasteiger partial charge on any atom is -0.489 e. The number of nitro groups is 1. The second-order valence-corrected chi connectivity index (χ2v) is 5.25. The fourth-order valence-corrected chi connectivity index (χ4v) is 2.50. The second kappa shape index (κ2) is 6.36. The lowest BCUT2D eigenvalue weighted by Gasteiger charge is -2.07. The zero-order valence-electron chi connectivity index (χ0n) is 12.7. The van der Waals surface area contributed by atoms with Crippen LogP contribution in [0, 0.1) is 10.1 Å². The van der Waals surface area contributed by atoms with Crippen LogP contribution in [0.25, 0.3) is 17.0 Å². The van der Waals surface area contributed by atoms with Crippen LogP contribution in [-0.2, 0) is 13.7 Å². The van der Waals surface area contributed by atoms with E-state index in [2.05, 4.69) is 0 Å². The summed E-state index contributed by atoms with van der Waals surface area (Å²) in [6.07, 6.45) is 4.33. The topological polar surface area (TPSA) is 57.3 Å². The van der Waals surface area contributed by atoms with E-state index < -0.39 is 4.92 Å². The quantitative estimate of drug-likeness (QED) is 0.528. The van der Waals surface area contributed by atoms with Crippen LogP contribution >= 0.6 is 0 Å². The molecule has 3 aromatic rings. The summed E-state index contributed by atoms with van der Waals surface area (Å²) in [4.78, 5) is 10.0. The fraction of sp³-hybridized carbons (Fsp3) is 0.111. The van der Waals surface area contributed by atoms with Gasteiger partial charge in [0.15, 0.2) is 0 Å². The lowest BCUT2D eigenvalue weighted by molar-refractivity contribution is -0.400. The summed E-state index contributed by atoms with van der Waals surface area (Å²) >= 11 is 0. The summed E-state index contributed by atoms with van der Waals surface area (Å²) in [5.41, 5.74) is 2.89. The van der Waals surface area contributed by atoms with Gasteiger partial charge in [0.05, 0.1) is 10.4 Å². The molecule has 0 fully saturated rings. The maximum Gasteiger partial charge on any atom is 0.235 e. The highest BCUT2D eigenvalue weighted by Crippen LogP contribution is 2.26. The molecule has 23 heavy (non-hydrogen) atoms. The number of fused-ring (bicyclic) bond motifs is 1. The van der Waals surface area contributed by atoms with Crippen molar-refractivity contribution in [3.63, 3.8) is 0 Å². The Hall–Kier alpha value is -3.08. The van der Waals surface area contributed by atoms with Crippen molar-refractivity contribution in [1.82, 2.24) is 4.57 Å². The first-order valence-electron chi connectivity index (χ1n) is 7.21. The Morgan fingerprint density at radius 2 is 2.00 bits per heavy atom. The smallest absolute Gasteiger partial charge is 0.235 e. The molecule has 0 aliphatic rings. The third-order valence-electron chi connectivity index (χ3n) is 3.62. The molecule has 0 unspecified atom stereocenters. The van der Waals surface area contributed by atoms with Crippen molar-refractivity contribution in [3.8, 4) is 5.75 Å². The van der Waals surface area contributed by atoms with Crippen LogP contribution in [0.2, 0.25) is 0 Å². The number of benzene rings is 2. The van der Waals surface area contributed by atoms with Gasteiger partial charge in [-0.2, -0.15) is 0 Å². The number of ether oxygens (including phenoxy) is 1. The fourth-order valence-electron chi connectivity index (χ4n) is 2.50. The number of hydrogen-bond donors (Lipinski definition) is 0. The van der Waals surface area contributed by atoms with Gasteiger partial charge in [0, 0.05) is 36.3 Å². The summed E-state index contributed by atoms with van der Waals surface area (Å²) < 4.78 is 7.76. The predicted molar refractivity (Wildman–Crippen MR) is 89.7 cm³/mol. The van der Waals surface area contributed by atoms with Crippen molar-refractivity contribution in [2.75, 3.05) is 0 Å². The van der Waals surface area contributed by atoms with Crippen LogP contribution in [0.5, 0.6) is 5.75 Å². The summed E-state index contributed by atoms with van der Waals surface area (Å²) in [6.45, 7) is 0.505. The molecule has 0 aliphatic carbocycles. The maximum absolute atomic E-state index is 10.5. The van der Waals surface area contributed by atoms with E-state index in [1.54, 1.807) is 0 Å². The van der Waals surface area contributed by atoms with E-state index in [-0.39, 0.29) is 0 Å². The molecular formula is C18H16N2O3. The van der Waals surface area contributed by atoms with Crippen LogP contribution in [-0.4, -0.2) is 9.49 Å². The average Bonchev–Trinajstić information content (AvgIpc) is 2.88. The van der Waals surface area contributed by atoms with Crippen molar-refractivity contribution < 1.29 is 9.66 Å². The molecule has 5 nitrogen and oxygen atoms in total.